The van der Waals surface area contributed by atoms with Crippen molar-refractivity contribution in [3.63, 3.8) is 0 Å². The normalized spacial score (nSPS) is 10.9. The van der Waals surface area contributed by atoms with Crippen LogP contribution in [0.4, 0.5) is 0 Å². The molecular formula is C20H17N3O3S. The van der Waals surface area contributed by atoms with E-state index in [2.05, 4.69) is 15.5 Å². The number of benzene rings is 2. The molecule has 0 bridgehead atoms. The first-order valence-corrected chi connectivity index (χ1v) is 9.25. The van der Waals surface area contributed by atoms with Gasteiger partial charge in [0.1, 0.15) is 17.1 Å². The number of fused-ring (bicyclic) bond motifs is 1. The summed E-state index contributed by atoms with van der Waals surface area (Å²) in [6, 6.07) is 12.9. The molecule has 0 aliphatic carbocycles. The second-order valence-corrected chi connectivity index (χ2v) is 7.05. The molecule has 7 heteroatoms. The van der Waals surface area contributed by atoms with Crippen LogP contribution in [0.5, 0.6) is 5.75 Å². The van der Waals surface area contributed by atoms with Gasteiger partial charge in [0, 0.05) is 23.1 Å². The quantitative estimate of drug-likeness (QED) is 0.562. The minimum absolute atomic E-state index is 0.176. The predicted molar refractivity (Wildman–Crippen MR) is 104 cm³/mol. The van der Waals surface area contributed by atoms with Gasteiger partial charge in [-0.25, -0.2) is 4.98 Å². The predicted octanol–water partition coefficient (Wildman–Crippen LogP) is 4.20. The van der Waals surface area contributed by atoms with Crippen molar-refractivity contribution in [2.45, 2.75) is 13.5 Å². The molecule has 2 heterocycles. The van der Waals surface area contributed by atoms with Crippen molar-refractivity contribution in [3.8, 4) is 17.1 Å². The monoisotopic (exact) mass is 379 g/mol. The Labute approximate surface area is 159 Å². The highest BCUT2D eigenvalue weighted by Gasteiger charge is 2.16. The van der Waals surface area contributed by atoms with E-state index >= 15 is 0 Å². The summed E-state index contributed by atoms with van der Waals surface area (Å²) < 4.78 is 10.7. The molecule has 1 amide bonds. The van der Waals surface area contributed by atoms with Gasteiger partial charge in [0.2, 0.25) is 0 Å². The third kappa shape index (κ3) is 3.41. The zero-order chi connectivity index (χ0) is 18.8. The van der Waals surface area contributed by atoms with Crippen molar-refractivity contribution in [2.24, 2.45) is 0 Å². The molecule has 0 atom stereocenters. The molecule has 0 aliphatic heterocycles. The zero-order valence-electron chi connectivity index (χ0n) is 14.9. The summed E-state index contributed by atoms with van der Waals surface area (Å²) in [5.74, 6) is 0.567. The Morgan fingerprint density at radius 1 is 1.26 bits per heavy atom. The summed E-state index contributed by atoms with van der Waals surface area (Å²) in [6.45, 7) is 2.32. The lowest BCUT2D eigenvalue weighted by Crippen LogP contribution is -2.23. The molecule has 136 valence electrons. The van der Waals surface area contributed by atoms with Crippen molar-refractivity contribution < 1.29 is 14.1 Å². The SMILES string of the molecule is COc1ccccc1CNC(=O)c1ccc2onc(-c3csc(C)n3)c2c1. The fourth-order valence-corrected chi connectivity index (χ4v) is 3.46. The maximum absolute atomic E-state index is 12.6. The van der Waals surface area contributed by atoms with Gasteiger partial charge in [0.25, 0.3) is 5.91 Å². The molecule has 27 heavy (non-hydrogen) atoms. The van der Waals surface area contributed by atoms with E-state index in [-0.39, 0.29) is 5.91 Å². The maximum Gasteiger partial charge on any atom is 0.251 e. The summed E-state index contributed by atoms with van der Waals surface area (Å²) in [7, 11) is 1.61. The number of hydrogen-bond donors (Lipinski definition) is 1. The lowest BCUT2D eigenvalue weighted by molar-refractivity contribution is 0.0951. The van der Waals surface area contributed by atoms with E-state index < -0.39 is 0 Å². The number of para-hydroxylation sites is 1. The number of aryl methyl sites for hydroxylation is 1. The van der Waals surface area contributed by atoms with Gasteiger partial charge in [-0.1, -0.05) is 23.4 Å². The largest absolute Gasteiger partial charge is 0.496 e. The maximum atomic E-state index is 12.6. The summed E-state index contributed by atoms with van der Waals surface area (Å²) in [5.41, 5.74) is 3.47. The number of hydrogen-bond acceptors (Lipinski definition) is 6. The number of nitrogens with one attached hydrogen (secondary N) is 1. The Morgan fingerprint density at radius 2 is 2.11 bits per heavy atom. The van der Waals surface area contributed by atoms with E-state index in [4.69, 9.17) is 9.26 Å². The second-order valence-electron chi connectivity index (χ2n) is 5.99. The minimum atomic E-state index is -0.176. The van der Waals surface area contributed by atoms with Crippen LogP contribution in [0.1, 0.15) is 20.9 Å². The summed E-state index contributed by atoms with van der Waals surface area (Å²) in [5, 5.41) is 10.7. The van der Waals surface area contributed by atoms with Gasteiger partial charge in [-0.05, 0) is 31.2 Å². The average Bonchev–Trinajstić information content (AvgIpc) is 3.31. The highest BCUT2D eigenvalue weighted by atomic mass is 32.1. The number of aromatic nitrogens is 2. The molecule has 0 radical (unpaired) electrons. The van der Waals surface area contributed by atoms with E-state index in [1.54, 1.807) is 36.6 Å². The van der Waals surface area contributed by atoms with Crippen LogP contribution >= 0.6 is 11.3 Å². The van der Waals surface area contributed by atoms with Crippen LogP contribution in [0.15, 0.2) is 52.4 Å². The third-order valence-electron chi connectivity index (χ3n) is 4.23. The van der Waals surface area contributed by atoms with Gasteiger partial charge in [0.05, 0.1) is 17.5 Å². The second kappa shape index (κ2) is 7.20. The first-order valence-electron chi connectivity index (χ1n) is 8.38. The van der Waals surface area contributed by atoms with Gasteiger partial charge in [-0.3, -0.25) is 4.79 Å². The van der Waals surface area contributed by atoms with Crippen molar-refractivity contribution >= 4 is 28.2 Å². The van der Waals surface area contributed by atoms with E-state index in [0.717, 1.165) is 27.4 Å². The molecule has 2 aromatic heterocycles. The van der Waals surface area contributed by atoms with Crippen molar-refractivity contribution in [1.82, 2.24) is 15.5 Å². The van der Waals surface area contributed by atoms with Crippen LogP contribution in [0.25, 0.3) is 22.4 Å². The molecule has 4 aromatic rings. The molecule has 1 N–H and O–H groups in total. The van der Waals surface area contributed by atoms with Gasteiger partial charge in [-0.2, -0.15) is 0 Å². The van der Waals surface area contributed by atoms with Gasteiger partial charge in [-0.15, -0.1) is 11.3 Å². The number of nitrogens with zero attached hydrogens (tertiary/aromatic N) is 2. The number of carbonyl (C=O) groups excluding carboxylic acids is 1. The molecule has 0 aliphatic rings. The molecule has 2 aromatic carbocycles. The Hall–Kier alpha value is -3.19. The van der Waals surface area contributed by atoms with Crippen LogP contribution < -0.4 is 10.1 Å². The van der Waals surface area contributed by atoms with E-state index in [0.29, 0.717) is 23.4 Å². The van der Waals surface area contributed by atoms with Gasteiger partial charge < -0.3 is 14.6 Å². The molecule has 0 unspecified atom stereocenters. The minimum Gasteiger partial charge on any atom is -0.496 e. The zero-order valence-corrected chi connectivity index (χ0v) is 15.7. The van der Waals surface area contributed by atoms with Crippen molar-refractivity contribution in [2.75, 3.05) is 7.11 Å². The summed E-state index contributed by atoms with van der Waals surface area (Å²) in [6.07, 6.45) is 0. The molecule has 0 fully saturated rings. The van der Waals surface area contributed by atoms with Gasteiger partial charge in [0.15, 0.2) is 5.58 Å². The topological polar surface area (TPSA) is 77.2 Å². The van der Waals surface area contributed by atoms with Crippen LogP contribution in [0.2, 0.25) is 0 Å². The van der Waals surface area contributed by atoms with Crippen molar-refractivity contribution in [1.29, 1.82) is 0 Å². The number of ether oxygens (including phenoxy) is 1. The Kier molecular flexibility index (Phi) is 4.60. The standard InChI is InChI=1S/C20H17N3O3S/c1-12-22-16(11-27-12)19-15-9-13(7-8-18(15)26-23-19)20(24)21-10-14-5-3-4-6-17(14)25-2/h3-9,11H,10H2,1-2H3,(H,21,24). The van der Waals surface area contributed by atoms with Crippen molar-refractivity contribution in [3.05, 3.63) is 64.0 Å². The first-order chi connectivity index (χ1) is 13.2. The Morgan fingerprint density at radius 3 is 2.89 bits per heavy atom. The van der Waals surface area contributed by atoms with E-state index in [1.807, 2.05) is 36.6 Å². The fourth-order valence-electron chi connectivity index (χ4n) is 2.86. The number of rotatable bonds is 5. The molecule has 0 saturated carbocycles. The van der Waals surface area contributed by atoms with Crippen LogP contribution in [0.3, 0.4) is 0 Å². The Bertz CT molecular complexity index is 1120. The molecule has 0 spiro atoms. The highest BCUT2D eigenvalue weighted by Crippen LogP contribution is 2.29. The number of methoxy groups -OCH3 is 1. The highest BCUT2D eigenvalue weighted by molar-refractivity contribution is 7.09. The molecule has 6 nitrogen and oxygen atoms in total. The summed E-state index contributed by atoms with van der Waals surface area (Å²) >= 11 is 1.55. The van der Waals surface area contributed by atoms with Crippen LogP contribution in [-0.4, -0.2) is 23.2 Å². The van der Waals surface area contributed by atoms with E-state index in [9.17, 15) is 4.79 Å². The first kappa shape index (κ1) is 17.2. The van der Waals surface area contributed by atoms with Gasteiger partial charge >= 0.3 is 0 Å². The Balaban J connectivity index is 1.59. The van der Waals surface area contributed by atoms with Crippen LogP contribution in [-0.2, 0) is 6.54 Å². The van der Waals surface area contributed by atoms with E-state index in [1.165, 1.54) is 0 Å². The molecular weight excluding hydrogens is 362 g/mol. The molecule has 4 rings (SSSR count). The smallest absolute Gasteiger partial charge is 0.251 e. The number of thiazole rings is 1. The number of amides is 1. The lowest BCUT2D eigenvalue weighted by Gasteiger charge is -2.09. The molecule has 0 saturated heterocycles. The lowest BCUT2D eigenvalue weighted by atomic mass is 10.1. The number of carbonyl (C=O) groups is 1. The third-order valence-corrected chi connectivity index (χ3v) is 5.00. The van der Waals surface area contributed by atoms with Crippen LogP contribution in [0, 0.1) is 6.92 Å². The summed E-state index contributed by atoms with van der Waals surface area (Å²) in [4.78, 5) is 17.1. The fraction of sp³-hybridized carbons (Fsp3) is 0.150. The average molecular weight is 379 g/mol.